The molecule has 0 spiro atoms. The van der Waals surface area contributed by atoms with Gasteiger partial charge in [0, 0.05) is 4.47 Å². The van der Waals surface area contributed by atoms with Crippen LogP contribution in [-0.4, -0.2) is 31.7 Å². The molecule has 2 rings (SSSR count). The smallest absolute Gasteiger partial charge is 0.169 e. The maximum absolute atomic E-state index is 5.92. The van der Waals surface area contributed by atoms with Gasteiger partial charge in [-0.2, -0.15) is 0 Å². The van der Waals surface area contributed by atoms with Crippen molar-refractivity contribution in [3.05, 3.63) is 48.1 Å². The van der Waals surface area contributed by atoms with Crippen molar-refractivity contribution >= 4 is 63.7 Å². The monoisotopic (exact) mass is 707 g/mol. The summed E-state index contributed by atoms with van der Waals surface area (Å²) in [5.74, 6) is 1.91. The van der Waals surface area contributed by atoms with Crippen LogP contribution in [0.2, 0.25) is 0 Å². The Morgan fingerprint density at radius 1 is 0.893 bits per heavy atom. The molecule has 158 valence electrons. The Kier molecular flexibility index (Phi) is 12.5. The van der Waals surface area contributed by atoms with Gasteiger partial charge in [0.2, 0.25) is 0 Å². The van der Waals surface area contributed by atoms with E-state index in [2.05, 4.69) is 77.8 Å². The van der Waals surface area contributed by atoms with Crippen LogP contribution in [0.1, 0.15) is 37.9 Å². The summed E-state index contributed by atoms with van der Waals surface area (Å²) in [6.07, 6.45) is 6.02. The molecule has 2 aromatic rings. The molecule has 0 fully saturated rings. The fourth-order valence-electron chi connectivity index (χ4n) is 2.95. The number of hydrogen-bond acceptors (Lipinski definition) is 2. The van der Waals surface area contributed by atoms with Gasteiger partial charge in [-0.15, -0.1) is 0 Å². The van der Waals surface area contributed by atoms with Crippen molar-refractivity contribution < 1.29 is 30.6 Å². The summed E-state index contributed by atoms with van der Waals surface area (Å²) in [7, 11) is 4.52. The molecule has 28 heavy (non-hydrogen) atoms. The third-order valence-corrected chi connectivity index (χ3v) is 6.39. The molecule has 0 radical (unpaired) electrons. The van der Waals surface area contributed by atoms with Gasteiger partial charge in [-0.25, -0.2) is 0 Å². The van der Waals surface area contributed by atoms with Crippen molar-refractivity contribution in [1.29, 1.82) is 0 Å². The van der Waals surface area contributed by atoms with Gasteiger partial charge in [-0.3, -0.25) is 0 Å². The number of rotatable bonds is 11. The van der Waals surface area contributed by atoms with E-state index < -0.39 is 0 Å². The van der Waals surface area contributed by atoms with Gasteiger partial charge in [0.1, 0.15) is 12.3 Å². The predicted molar refractivity (Wildman–Crippen MR) is 125 cm³/mol. The molecular formula is C20H26Br5NO2. The molecule has 0 amide bonds. The molecule has 1 aromatic carbocycles. The van der Waals surface area contributed by atoms with Crippen molar-refractivity contribution in [3.63, 3.8) is 0 Å². The first-order valence-corrected chi connectivity index (χ1v) is 12.3. The van der Waals surface area contributed by atoms with Crippen LogP contribution >= 0.6 is 63.7 Å². The molecule has 0 saturated heterocycles. The second kappa shape index (κ2) is 13.2. The Morgan fingerprint density at radius 2 is 1.50 bits per heavy atom. The number of nitrogens with zero attached hydrogens (tertiary/aromatic N) is 1. The Bertz CT molecular complexity index is 710. The number of furan rings is 1. The topological polar surface area (TPSA) is 22.4 Å². The van der Waals surface area contributed by atoms with E-state index in [4.69, 9.17) is 9.15 Å². The molecule has 0 saturated carbocycles. The summed E-state index contributed by atoms with van der Waals surface area (Å²) in [4.78, 5) is 0. The van der Waals surface area contributed by atoms with Crippen LogP contribution in [0.5, 0.6) is 5.75 Å². The molecule has 1 heterocycles. The number of halogens is 5. The molecule has 3 nitrogen and oxygen atoms in total. The van der Waals surface area contributed by atoms with Crippen molar-refractivity contribution in [2.24, 2.45) is 0 Å². The molecule has 0 N–H and O–H groups in total. The minimum absolute atomic E-state index is 0. The first-order valence-electron chi connectivity index (χ1n) is 9.10. The van der Waals surface area contributed by atoms with E-state index in [-0.39, 0.29) is 17.0 Å². The van der Waals surface area contributed by atoms with Gasteiger partial charge in [0.25, 0.3) is 0 Å². The highest BCUT2D eigenvalue weighted by Gasteiger charge is 2.17. The first-order chi connectivity index (χ1) is 12.8. The third-order valence-electron chi connectivity index (χ3n) is 4.33. The largest absolute Gasteiger partial charge is 1.00 e. The van der Waals surface area contributed by atoms with Crippen molar-refractivity contribution in [1.82, 2.24) is 0 Å². The maximum atomic E-state index is 5.92. The number of unbranched alkanes of at least 4 members (excludes halogenated alkanes) is 4. The molecule has 0 aliphatic rings. The van der Waals surface area contributed by atoms with Gasteiger partial charge in [-0.1, -0.05) is 28.8 Å². The Morgan fingerprint density at radius 3 is 2.11 bits per heavy atom. The molecule has 0 aliphatic carbocycles. The first kappa shape index (κ1) is 26.7. The van der Waals surface area contributed by atoms with Crippen LogP contribution in [0.4, 0.5) is 0 Å². The van der Waals surface area contributed by atoms with Gasteiger partial charge in [0.15, 0.2) is 10.4 Å². The zero-order valence-corrected chi connectivity index (χ0v) is 24.0. The van der Waals surface area contributed by atoms with Crippen molar-refractivity contribution in [2.75, 3.05) is 27.2 Å². The van der Waals surface area contributed by atoms with E-state index in [1.807, 2.05) is 24.3 Å². The van der Waals surface area contributed by atoms with E-state index in [0.717, 1.165) is 60.2 Å². The minimum Gasteiger partial charge on any atom is -1.00 e. The molecule has 0 bridgehead atoms. The summed E-state index contributed by atoms with van der Waals surface area (Å²) in [5, 5.41) is 0. The molecule has 0 unspecified atom stereocenters. The van der Waals surface area contributed by atoms with Crippen LogP contribution < -0.4 is 21.7 Å². The highest BCUT2D eigenvalue weighted by atomic mass is 79.9. The van der Waals surface area contributed by atoms with Crippen LogP contribution in [-0.2, 0) is 6.54 Å². The number of hydrogen-bond donors (Lipinski definition) is 0. The zero-order chi connectivity index (χ0) is 19.9. The zero-order valence-electron chi connectivity index (χ0n) is 16.1. The van der Waals surface area contributed by atoms with Gasteiger partial charge < -0.3 is 30.6 Å². The van der Waals surface area contributed by atoms with Gasteiger partial charge in [-0.05, 0) is 91.3 Å². The second-order valence-electron chi connectivity index (χ2n) is 7.34. The van der Waals surface area contributed by atoms with E-state index in [1.165, 1.54) is 25.7 Å². The van der Waals surface area contributed by atoms with Crippen LogP contribution in [0.15, 0.2) is 46.8 Å². The molecule has 0 atom stereocenters. The Hall–Kier alpha value is 0.660. The van der Waals surface area contributed by atoms with E-state index in [9.17, 15) is 0 Å². The van der Waals surface area contributed by atoms with Gasteiger partial charge in [0.05, 0.1) is 36.2 Å². The van der Waals surface area contributed by atoms with Crippen LogP contribution in [0.25, 0.3) is 0 Å². The molecule has 0 aliphatic heterocycles. The van der Waals surface area contributed by atoms with E-state index in [1.54, 1.807) is 0 Å². The quantitative estimate of drug-likeness (QED) is 0.244. The fourth-order valence-corrected chi connectivity index (χ4v) is 5.78. The average molecular weight is 712 g/mol. The average Bonchev–Trinajstić information content (AvgIpc) is 2.95. The molecule has 8 heteroatoms. The summed E-state index contributed by atoms with van der Waals surface area (Å²) in [6.45, 7) is 2.83. The van der Waals surface area contributed by atoms with Crippen molar-refractivity contribution in [3.8, 4) is 5.75 Å². The number of quaternary nitrogens is 1. The fraction of sp³-hybridized carbons (Fsp3) is 0.500. The Balaban J connectivity index is 0.00000392. The summed E-state index contributed by atoms with van der Waals surface area (Å²) >= 11 is 13.9. The van der Waals surface area contributed by atoms with Crippen LogP contribution in [0, 0.1) is 0 Å². The predicted octanol–water partition coefficient (Wildman–Crippen LogP) is 4.94. The SMILES string of the molecule is C[N+](C)(CCCCCCCOc1c(Br)cc(Br)cc1Br)Cc1ccc(Br)o1.[Br-]. The standard InChI is InChI=1S/C20H26Br4NO2.BrH/c1-25(2,14-16-8-9-19(24)27-16)10-6-4-3-5-7-11-26-20-17(22)12-15(21)13-18(20)23;/h8-9,12-13H,3-7,10-11,14H2,1-2H3;1H/q+1;/p-1. The van der Waals surface area contributed by atoms with Crippen molar-refractivity contribution in [2.45, 2.75) is 38.6 Å². The lowest BCUT2D eigenvalue weighted by Crippen LogP contribution is -3.00. The lowest BCUT2D eigenvalue weighted by atomic mass is 10.1. The summed E-state index contributed by atoms with van der Waals surface area (Å²) in [6, 6.07) is 8.01. The highest BCUT2D eigenvalue weighted by molar-refractivity contribution is 9.11. The summed E-state index contributed by atoms with van der Waals surface area (Å²) in [5.41, 5.74) is 0. The molecule has 1 aromatic heterocycles. The minimum atomic E-state index is 0. The maximum Gasteiger partial charge on any atom is 0.169 e. The Labute approximate surface area is 212 Å². The normalized spacial score (nSPS) is 11.4. The highest BCUT2D eigenvalue weighted by Crippen LogP contribution is 2.36. The lowest BCUT2D eigenvalue weighted by molar-refractivity contribution is -0.904. The number of ether oxygens (including phenoxy) is 1. The van der Waals surface area contributed by atoms with E-state index >= 15 is 0 Å². The summed E-state index contributed by atoms with van der Waals surface area (Å²) < 4.78 is 16.3. The van der Waals surface area contributed by atoms with Gasteiger partial charge >= 0.3 is 0 Å². The van der Waals surface area contributed by atoms with E-state index in [0.29, 0.717) is 0 Å². The molecular weight excluding hydrogens is 686 g/mol. The lowest BCUT2D eigenvalue weighted by Gasteiger charge is -2.28. The van der Waals surface area contributed by atoms with Crippen LogP contribution in [0.3, 0.4) is 0 Å². The second-order valence-corrected chi connectivity index (χ2v) is 10.7. The number of benzene rings is 1. The third kappa shape index (κ3) is 9.65.